The summed E-state index contributed by atoms with van der Waals surface area (Å²) in [5.41, 5.74) is 1.93. The second kappa shape index (κ2) is 8.84. The van der Waals surface area contributed by atoms with Gasteiger partial charge in [-0.15, -0.1) is 0 Å². The number of amides is 1. The number of carbonyl (C=O) groups is 1. The maximum absolute atomic E-state index is 14.2. The molecule has 3 heterocycles. The Hall–Kier alpha value is -3.55. The van der Waals surface area contributed by atoms with E-state index in [1.165, 1.54) is 26.2 Å². The van der Waals surface area contributed by atoms with Crippen LogP contribution in [0.15, 0.2) is 36.7 Å². The zero-order chi connectivity index (χ0) is 25.7. The Morgan fingerprint density at radius 3 is 2.72 bits per heavy atom. The molecule has 4 N–H and O–H groups in total. The molecule has 10 heteroatoms. The predicted molar refractivity (Wildman–Crippen MR) is 131 cm³/mol. The van der Waals surface area contributed by atoms with E-state index in [1.807, 2.05) is 12.1 Å². The number of carbonyl (C=O) groups excluding carboxylic acids is 1. The monoisotopic (exact) mass is 492 g/mol. The van der Waals surface area contributed by atoms with Gasteiger partial charge in [-0.1, -0.05) is 0 Å². The highest BCUT2D eigenvalue weighted by molar-refractivity contribution is 6.00. The Morgan fingerprint density at radius 2 is 2.06 bits per heavy atom. The van der Waals surface area contributed by atoms with Crippen molar-refractivity contribution < 1.29 is 19.4 Å². The lowest BCUT2D eigenvalue weighted by Crippen LogP contribution is -2.54. The Labute approximate surface area is 208 Å². The first-order valence-electron chi connectivity index (χ1n) is 12.0. The zero-order valence-corrected chi connectivity index (χ0v) is 20.2. The molecule has 2 saturated carbocycles. The van der Waals surface area contributed by atoms with Gasteiger partial charge in [-0.2, -0.15) is 10.4 Å². The molecule has 0 aliphatic heterocycles. The van der Waals surface area contributed by atoms with E-state index in [9.17, 15) is 19.4 Å². The average molecular weight is 493 g/mol. The summed E-state index contributed by atoms with van der Waals surface area (Å²) in [7, 11) is 0. The Kier molecular flexibility index (Phi) is 5.93. The van der Waals surface area contributed by atoms with Gasteiger partial charge in [0.05, 0.1) is 58.2 Å². The van der Waals surface area contributed by atoms with E-state index >= 15 is 0 Å². The summed E-state index contributed by atoms with van der Waals surface area (Å²) in [6.07, 6.45) is 4.51. The molecular weight excluding hydrogens is 463 g/mol. The van der Waals surface area contributed by atoms with Gasteiger partial charge >= 0.3 is 0 Å². The Morgan fingerprint density at radius 1 is 1.31 bits per heavy atom. The van der Waals surface area contributed by atoms with Crippen LogP contribution in [0.4, 0.5) is 10.1 Å². The molecule has 2 aliphatic carbocycles. The van der Waals surface area contributed by atoms with Crippen molar-refractivity contribution in [3.63, 3.8) is 0 Å². The van der Waals surface area contributed by atoms with Crippen molar-refractivity contribution in [1.82, 2.24) is 19.9 Å². The van der Waals surface area contributed by atoms with Gasteiger partial charge in [0.1, 0.15) is 12.2 Å². The van der Waals surface area contributed by atoms with Crippen molar-refractivity contribution in [2.75, 3.05) is 11.9 Å². The van der Waals surface area contributed by atoms with Crippen LogP contribution in [-0.4, -0.2) is 61.2 Å². The number of nitriles is 1. The number of aromatic nitrogens is 3. The topological polar surface area (TPSA) is 136 Å². The van der Waals surface area contributed by atoms with Gasteiger partial charge in [0.2, 0.25) is 0 Å². The predicted octanol–water partition coefficient (Wildman–Crippen LogP) is 2.82. The molecule has 0 saturated heterocycles. The molecule has 9 nitrogen and oxygen atoms in total. The van der Waals surface area contributed by atoms with Crippen LogP contribution >= 0.6 is 0 Å². The van der Waals surface area contributed by atoms with Crippen LogP contribution in [-0.2, 0) is 0 Å². The molecule has 1 amide bonds. The maximum atomic E-state index is 14.2. The number of fused-ring (bicyclic) bond motifs is 1. The fourth-order valence-electron chi connectivity index (χ4n) is 5.26. The number of nitrogens with one attached hydrogen (secondary N) is 2. The fourth-order valence-corrected chi connectivity index (χ4v) is 5.26. The first-order chi connectivity index (χ1) is 17.1. The molecule has 5 rings (SSSR count). The third kappa shape index (κ3) is 4.52. The van der Waals surface area contributed by atoms with Crippen molar-refractivity contribution in [3.8, 4) is 17.5 Å². The van der Waals surface area contributed by atoms with E-state index in [1.54, 1.807) is 16.6 Å². The first-order valence-corrected chi connectivity index (χ1v) is 12.0. The van der Waals surface area contributed by atoms with Gasteiger partial charge in [-0.25, -0.2) is 8.91 Å². The van der Waals surface area contributed by atoms with Crippen LogP contribution in [0.25, 0.3) is 16.9 Å². The smallest absolute Gasteiger partial charge is 0.255 e. The number of rotatable bonds is 7. The quantitative estimate of drug-likeness (QED) is 0.398. The number of aliphatic hydroxyl groups excluding tert-OH is 1. The number of hydrogen-bond acceptors (Lipinski definition) is 7. The number of anilines is 1. The average Bonchev–Trinajstić information content (AvgIpc) is 3.22. The summed E-state index contributed by atoms with van der Waals surface area (Å²) in [4.78, 5) is 17.5. The van der Waals surface area contributed by atoms with Gasteiger partial charge in [-0.05, 0) is 69.2 Å². The van der Waals surface area contributed by atoms with Crippen LogP contribution < -0.4 is 10.6 Å². The van der Waals surface area contributed by atoms with Gasteiger partial charge in [0.15, 0.2) is 0 Å². The van der Waals surface area contributed by atoms with Gasteiger partial charge < -0.3 is 20.8 Å². The zero-order valence-electron chi connectivity index (χ0n) is 20.2. The number of pyridine rings is 1. The summed E-state index contributed by atoms with van der Waals surface area (Å²) < 4.78 is 15.9. The SMILES string of the molecule is CC(C)(O)[C@H](F)CNC(=O)c1cnc(-c2ccc3cc(C#N)cnn23)cc1NC1CC2(CC(O)C2)C1. The number of aliphatic hydroxyl groups is 2. The Bertz CT molecular complexity index is 1340. The lowest BCUT2D eigenvalue weighted by atomic mass is 9.53. The third-order valence-corrected chi connectivity index (χ3v) is 7.30. The van der Waals surface area contributed by atoms with E-state index in [0.717, 1.165) is 31.2 Å². The molecule has 1 atom stereocenters. The molecule has 3 aromatic rings. The van der Waals surface area contributed by atoms with Crippen LogP contribution in [0.3, 0.4) is 0 Å². The lowest BCUT2D eigenvalue weighted by molar-refractivity contribution is -0.0867. The van der Waals surface area contributed by atoms with Crippen LogP contribution in [0.5, 0.6) is 0 Å². The highest BCUT2D eigenvalue weighted by Crippen LogP contribution is 2.56. The van der Waals surface area contributed by atoms with E-state index in [-0.39, 0.29) is 29.7 Å². The molecule has 36 heavy (non-hydrogen) atoms. The molecule has 0 radical (unpaired) electrons. The number of nitrogens with zero attached hydrogens (tertiary/aromatic N) is 4. The maximum Gasteiger partial charge on any atom is 0.255 e. The summed E-state index contributed by atoms with van der Waals surface area (Å²) >= 11 is 0. The van der Waals surface area contributed by atoms with E-state index in [2.05, 4.69) is 26.8 Å². The molecule has 188 valence electrons. The highest BCUT2D eigenvalue weighted by Gasteiger charge is 2.52. The molecule has 0 bridgehead atoms. The minimum atomic E-state index is -1.63. The van der Waals surface area contributed by atoms with Crippen molar-refractivity contribution in [1.29, 1.82) is 5.26 Å². The van der Waals surface area contributed by atoms with Crippen LogP contribution in [0, 0.1) is 16.7 Å². The molecule has 0 unspecified atom stereocenters. The van der Waals surface area contributed by atoms with Crippen molar-refractivity contribution in [2.24, 2.45) is 5.41 Å². The fraction of sp³-hybridized carbons (Fsp3) is 0.462. The van der Waals surface area contributed by atoms with Crippen molar-refractivity contribution >= 4 is 17.1 Å². The molecule has 1 spiro atoms. The summed E-state index contributed by atoms with van der Waals surface area (Å²) in [5, 5.41) is 39.1. The van der Waals surface area contributed by atoms with Crippen LogP contribution in [0.1, 0.15) is 55.5 Å². The highest BCUT2D eigenvalue weighted by atomic mass is 19.1. The number of alkyl halides is 1. The molecule has 3 aromatic heterocycles. The van der Waals surface area contributed by atoms with Gasteiger partial charge in [-0.3, -0.25) is 9.78 Å². The largest absolute Gasteiger partial charge is 0.393 e. The number of hydrogen-bond donors (Lipinski definition) is 4. The molecule has 2 aliphatic rings. The van der Waals surface area contributed by atoms with E-state index < -0.39 is 17.7 Å². The first kappa shape index (κ1) is 24.2. The van der Waals surface area contributed by atoms with E-state index in [0.29, 0.717) is 22.6 Å². The second-order valence-electron chi connectivity index (χ2n) is 10.7. The lowest BCUT2D eigenvalue weighted by Gasteiger charge is -2.56. The van der Waals surface area contributed by atoms with Crippen molar-refractivity contribution in [3.05, 3.63) is 47.8 Å². The summed E-state index contributed by atoms with van der Waals surface area (Å²) in [5.74, 6) is -0.492. The normalized spacial score (nSPS) is 24.0. The summed E-state index contributed by atoms with van der Waals surface area (Å²) in [6.45, 7) is 2.38. The standard InChI is InChI=1S/C26H29FN6O3/c1-25(2,36)23(27)14-30-24(35)19-13-29-21(22-4-3-17-5-15(11-28)12-31-33(17)22)6-20(19)32-16-7-26(8-16)9-18(34)10-26/h3-6,12-13,16,18,23,34,36H,7-10,14H2,1-2H3,(H,29,32)(H,30,35)/t16?,18?,23-,26?/m1/s1. The molecular formula is C26H29FN6O3. The van der Waals surface area contributed by atoms with E-state index in [4.69, 9.17) is 5.26 Å². The Balaban J connectivity index is 1.42. The molecule has 2 fully saturated rings. The molecule has 0 aromatic carbocycles. The number of halogens is 1. The van der Waals surface area contributed by atoms with Gasteiger partial charge in [0.25, 0.3) is 5.91 Å². The van der Waals surface area contributed by atoms with Crippen molar-refractivity contribution in [2.45, 2.75) is 63.4 Å². The van der Waals surface area contributed by atoms with Crippen LogP contribution in [0.2, 0.25) is 0 Å². The minimum absolute atomic E-state index is 0.143. The second-order valence-corrected chi connectivity index (χ2v) is 10.7. The summed E-state index contributed by atoms with van der Waals surface area (Å²) in [6, 6.07) is 9.42. The minimum Gasteiger partial charge on any atom is -0.393 e. The third-order valence-electron chi connectivity index (χ3n) is 7.30. The van der Waals surface area contributed by atoms with Gasteiger partial charge in [0, 0.05) is 12.2 Å².